The van der Waals surface area contributed by atoms with Crippen molar-refractivity contribution in [1.82, 2.24) is 9.21 Å². The van der Waals surface area contributed by atoms with Crippen molar-refractivity contribution in [3.63, 3.8) is 0 Å². The lowest BCUT2D eigenvalue weighted by Gasteiger charge is -2.35. The Bertz CT molecular complexity index is 385. The fourth-order valence-corrected chi connectivity index (χ4v) is 4.27. The molecule has 2 heterocycles. The molecule has 2 atom stereocenters. The van der Waals surface area contributed by atoms with Gasteiger partial charge in [0.05, 0.1) is 12.9 Å². The highest BCUT2D eigenvalue weighted by Crippen LogP contribution is 2.24. The number of methoxy groups -OCH3 is 1. The first-order valence-corrected chi connectivity index (χ1v) is 9.03. The van der Waals surface area contributed by atoms with Gasteiger partial charge < -0.3 is 4.74 Å². The van der Waals surface area contributed by atoms with Crippen LogP contribution in [0.15, 0.2) is 0 Å². The van der Waals surface area contributed by atoms with Crippen LogP contribution in [0.25, 0.3) is 0 Å². The fourth-order valence-electron chi connectivity index (χ4n) is 3.33. The van der Waals surface area contributed by atoms with E-state index in [1.807, 2.05) is 0 Å². The Morgan fingerprint density at radius 3 is 2.63 bits per heavy atom. The molecule has 0 aromatic heterocycles. The molecule has 0 aliphatic carbocycles. The minimum absolute atomic E-state index is 0.473. The second-order valence-corrected chi connectivity index (χ2v) is 7.86. The van der Waals surface area contributed by atoms with Crippen LogP contribution in [0.1, 0.15) is 25.7 Å². The van der Waals surface area contributed by atoms with E-state index in [0.717, 1.165) is 32.5 Å². The van der Waals surface area contributed by atoms with E-state index in [9.17, 15) is 8.42 Å². The molecule has 0 aromatic carbocycles. The van der Waals surface area contributed by atoms with Gasteiger partial charge in [-0.3, -0.25) is 4.90 Å². The monoisotopic (exact) mass is 290 g/mol. The summed E-state index contributed by atoms with van der Waals surface area (Å²) in [6, 6.07) is 0.526. The minimum atomic E-state index is -3.03. The molecule has 0 bridgehead atoms. The van der Waals surface area contributed by atoms with Gasteiger partial charge in [0, 0.05) is 32.8 Å². The van der Waals surface area contributed by atoms with Crippen molar-refractivity contribution >= 4 is 10.0 Å². The molecule has 0 spiro atoms. The van der Waals surface area contributed by atoms with E-state index in [1.165, 1.54) is 19.1 Å². The lowest BCUT2D eigenvalue weighted by atomic mass is 9.99. The maximum Gasteiger partial charge on any atom is 0.211 e. The number of hydrogen-bond donors (Lipinski definition) is 0. The topological polar surface area (TPSA) is 49.9 Å². The first-order chi connectivity index (χ1) is 9.00. The molecular weight excluding hydrogens is 264 g/mol. The van der Waals surface area contributed by atoms with Gasteiger partial charge in [-0.2, -0.15) is 0 Å². The SMILES string of the molecule is COCC1CCCN1CC1CCCN(S(C)(=O)=O)C1. The normalized spacial score (nSPS) is 30.8. The van der Waals surface area contributed by atoms with Crippen molar-refractivity contribution in [3.05, 3.63) is 0 Å². The van der Waals surface area contributed by atoms with Gasteiger partial charge in [0.1, 0.15) is 0 Å². The van der Waals surface area contributed by atoms with Crippen LogP contribution in [-0.4, -0.2) is 69.8 Å². The van der Waals surface area contributed by atoms with Crippen molar-refractivity contribution < 1.29 is 13.2 Å². The summed E-state index contributed by atoms with van der Waals surface area (Å²) in [7, 11) is -1.27. The second kappa shape index (κ2) is 6.52. The van der Waals surface area contributed by atoms with Crippen LogP contribution in [0.4, 0.5) is 0 Å². The van der Waals surface area contributed by atoms with E-state index in [2.05, 4.69) is 4.90 Å². The Morgan fingerprint density at radius 1 is 1.21 bits per heavy atom. The Labute approximate surface area is 117 Å². The smallest absolute Gasteiger partial charge is 0.211 e. The van der Waals surface area contributed by atoms with E-state index in [1.54, 1.807) is 11.4 Å². The summed E-state index contributed by atoms with van der Waals surface area (Å²) in [4.78, 5) is 2.49. The average Bonchev–Trinajstić information content (AvgIpc) is 2.77. The highest BCUT2D eigenvalue weighted by molar-refractivity contribution is 7.88. The van der Waals surface area contributed by atoms with Crippen LogP contribution in [0.3, 0.4) is 0 Å². The van der Waals surface area contributed by atoms with Crippen LogP contribution in [-0.2, 0) is 14.8 Å². The summed E-state index contributed by atoms with van der Waals surface area (Å²) < 4.78 is 30.2. The average molecular weight is 290 g/mol. The van der Waals surface area contributed by atoms with Crippen molar-refractivity contribution in [1.29, 1.82) is 0 Å². The molecule has 2 aliphatic heterocycles. The fraction of sp³-hybridized carbons (Fsp3) is 1.00. The molecule has 112 valence electrons. The molecule has 0 N–H and O–H groups in total. The quantitative estimate of drug-likeness (QED) is 0.750. The predicted molar refractivity (Wildman–Crippen MR) is 75.6 cm³/mol. The summed E-state index contributed by atoms with van der Waals surface area (Å²) in [5.74, 6) is 0.473. The second-order valence-electron chi connectivity index (χ2n) is 5.88. The first-order valence-electron chi connectivity index (χ1n) is 7.19. The molecule has 2 unspecified atom stereocenters. The Kier molecular flexibility index (Phi) is 5.22. The molecule has 2 fully saturated rings. The van der Waals surface area contributed by atoms with E-state index in [4.69, 9.17) is 4.74 Å². The lowest BCUT2D eigenvalue weighted by Crippen LogP contribution is -2.45. The predicted octanol–water partition coefficient (Wildman–Crippen LogP) is 0.769. The number of hydrogen-bond acceptors (Lipinski definition) is 4. The Morgan fingerprint density at radius 2 is 1.95 bits per heavy atom. The number of piperidine rings is 1. The first kappa shape index (κ1) is 15.2. The molecule has 0 aromatic rings. The van der Waals surface area contributed by atoms with Crippen molar-refractivity contribution in [2.24, 2.45) is 5.92 Å². The lowest BCUT2D eigenvalue weighted by molar-refractivity contribution is 0.0962. The maximum absolute atomic E-state index is 11.6. The molecule has 0 saturated carbocycles. The third kappa shape index (κ3) is 4.15. The van der Waals surface area contributed by atoms with E-state index >= 15 is 0 Å². The van der Waals surface area contributed by atoms with Gasteiger partial charge in [-0.1, -0.05) is 0 Å². The molecular formula is C13H26N2O3S. The van der Waals surface area contributed by atoms with Crippen molar-refractivity contribution in [2.75, 3.05) is 46.2 Å². The third-order valence-corrected chi connectivity index (χ3v) is 5.57. The summed E-state index contributed by atoms with van der Waals surface area (Å²) in [6.45, 7) is 4.32. The van der Waals surface area contributed by atoms with Crippen LogP contribution >= 0.6 is 0 Å². The van der Waals surface area contributed by atoms with E-state index in [0.29, 0.717) is 25.0 Å². The molecule has 2 aliphatic rings. The van der Waals surface area contributed by atoms with Gasteiger partial charge in [0.25, 0.3) is 0 Å². The third-order valence-electron chi connectivity index (χ3n) is 4.30. The largest absolute Gasteiger partial charge is 0.383 e. The zero-order chi connectivity index (χ0) is 13.9. The number of sulfonamides is 1. The minimum Gasteiger partial charge on any atom is -0.383 e. The van der Waals surface area contributed by atoms with Gasteiger partial charge in [-0.15, -0.1) is 0 Å². The van der Waals surface area contributed by atoms with Crippen LogP contribution in [0.5, 0.6) is 0 Å². The molecule has 2 rings (SSSR count). The summed E-state index contributed by atoms with van der Waals surface area (Å²) in [5, 5.41) is 0. The van der Waals surface area contributed by atoms with Gasteiger partial charge in [-0.25, -0.2) is 12.7 Å². The van der Waals surface area contributed by atoms with Crippen LogP contribution in [0, 0.1) is 5.92 Å². The number of nitrogens with zero attached hydrogens (tertiary/aromatic N) is 2. The molecule has 2 saturated heterocycles. The number of ether oxygens (including phenoxy) is 1. The van der Waals surface area contributed by atoms with Gasteiger partial charge in [0.15, 0.2) is 0 Å². The molecule has 6 heteroatoms. The maximum atomic E-state index is 11.6. The van der Waals surface area contributed by atoms with Crippen molar-refractivity contribution in [3.8, 4) is 0 Å². The molecule has 0 radical (unpaired) electrons. The Hall–Kier alpha value is -0.170. The standard InChI is InChI=1S/C13H26N2O3S/c1-18-11-13-6-4-7-14(13)9-12-5-3-8-15(10-12)19(2,16)17/h12-13H,3-11H2,1-2H3. The van der Waals surface area contributed by atoms with Gasteiger partial charge in [-0.05, 0) is 38.1 Å². The highest BCUT2D eigenvalue weighted by atomic mass is 32.2. The zero-order valence-corrected chi connectivity index (χ0v) is 12.9. The van der Waals surface area contributed by atoms with Crippen LogP contribution in [0.2, 0.25) is 0 Å². The summed E-state index contributed by atoms with van der Waals surface area (Å²) >= 11 is 0. The van der Waals surface area contributed by atoms with E-state index in [-0.39, 0.29) is 0 Å². The van der Waals surface area contributed by atoms with Gasteiger partial charge in [0.2, 0.25) is 10.0 Å². The Balaban J connectivity index is 1.88. The summed E-state index contributed by atoms with van der Waals surface area (Å²) in [6.07, 6.45) is 5.88. The zero-order valence-electron chi connectivity index (χ0n) is 12.0. The van der Waals surface area contributed by atoms with Crippen LogP contribution < -0.4 is 0 Å². The summed E-state index contributed by atoms with van der Waals surface area (Å²) in [5.41, 5.74) is 0. The highest BCUT2D eigenvalue weighted by Gasteiger charge is 2.30. The van der Waals surface area contributed by atoms with Crippen molar-refractivity contribution in [2.45, 2.75) is 31.7 Å². The van der Waals surface area contributed by atoms with Gasteiger partial charge >= 0.3 is 0 Å². The molecule has 19 heavy (non-hydrogen) atoms. The number of rotatable bonds is 5. The number of likely N-dealkylation sites (tertiary alicyclic amines) is 1. The molecule has 5 nitrogen and oxygen atoms in total. The van der Waals surface area contributed by atoms with E-state index < -0.39 is 10.0 Å². The molecule has 0 amide bonds.